The van der Waals surface area contributed by atoms with Crippen molar-refractivity contribution in [3.05, 3.63) is 77.9 Å². The molecular weight excluding hydrogens is 382 g/mol. The van der Waals surface area contributed by atoms with Gasteiger partial charge < -0.3 is 10.1 Å². The quantitative estimate of drug-likeness (QED) is 0.527. The van der Waals surface area contributed by atoms with Crippen LogP contribution in [0.5, 0.6) is 5.75 Å². The summed E-state index contributed by atoms with van der Waals surface area (Å²) in [5, 5.41) is 4.73. The Morgan fingerprint density at radius 2 is 1.50 bits per heavy atom. The number of fused-ring (bicyclic) bond motifs is 1. The largest absolute Gasteiger partial charge is 0.494 e. The molecule has 0 heterocycles. The molecule has 0 fully saturated rings. The van der Waals surface area contributed by atoms with E-state index in [1.807, 2.05) is 43.3 Å². The van der Waals surface area contributed by atoms with E-state index in [-0.39, 0.29) is 18.9 Å². The van der Waals surface area contributed by atoms with E-state index in [1.165, 1.54) is 0 Å². The fourth-order valence-corrected chi connectivity index (χ4v) is 2.85. The number of amides is 3. The Balaban J connectivity index is 1.41. The summed E-state index contributed by atoms with van der Waals surface area (Å²) in [5.41, 5.74) is 5.60. The lowest BCUT2D eigenvalue weighted by molar-refractivity contribution is -0.121. The second-order valence-electron chi connectivity index (χ2n) is 6.53. The van der Waals surface area contributed by atoms with Crippen LogP contribution >= 0.6 is 0 Å². The minimum atomic E-state index is -0.438. The van der Waals surface area contributed by atoms with Gasteiger partial charge in [0.1, 0.15) is 5.75 Å². The molecule has 0 aliphatic rings. The first-order chi connectivity index (χ1) is 14.6. The number of benzene rings is 3. The van der Waals surface area contributed by atoms with Crippen molar-refractivity contribution >= 4 is 28.5 Å². The molecule has 0 unspecified atom stereocenters. The van der Waals surface area contributed by atoms with E-state index in [2.05, 4.69) is 16.2 Å². The number of hydrazine groups is 1. The highest BCUT2D eigenvalue weighted by molar-refractivity contribution is 5.99. The molecule has 0 spiro atoms. The molecule has 3 aromatic carbocycles. The molecule has 0 aliphatic heterocycles. The molecular formula is C23H23N3O4. The van der Waals surface area contributed by atoms with Gasteiger partial charge >= 0.3 is 0 Å². The minimum Gasteiger partial charge on any atom is -0.494 e. The molecule has 0 saturated heterocycles. The molecule has 3 N–H and O–H groups in total. The monoisotopic (exact) mass is 405 g/mol. The van der Waals surface area contributed by atoms with E-state index in [9.17, 15) is 14.4 Å². The number of carbonyl (C=O) groups is 3. The Hall–Kier alpha value is -3.87. The highest BCUT2D eigenvalue weighted by Crippen LogP contribution is 2.15. The van der Waals surface area contributed by atoms with Crippen LogP contribution in [-0.2, 0) is 4.79 Å². The predicted octanol–water partition coefficient (Wildman–Crippen LogP) is 2.82. The summed E-state index contributed by atoms with van der Waals surface area (Å²) in [7, 11) is 0. The van der Waals surface area contributed by atoms with E-state index < -0.39 is 11.8 Å². The maximum Gasteiger partial charge on any atom is 0.269 e. The Bertz CT molecular complexity index is 1050. The summed E-state index contributed by atoms with van der Waals surface area (Å²) < 4.78 is 5.32. The number of rotatable bonds is 7. The van der Waals surface area contributed by atoms with Gasteiger partial charge in [0.2, 0.25) is 5.91 Å². The molecule has 0 radical (unpaired) electrons. The Morgan fingerprint density at radius 1 is 0.800 bits per heavy atom. The molecule has 0 aliphatic carbocycles. The molecule has 3 rings (SSSR count). The van der Waals surface area contributed by atoms with Gasteiger partial charge in [-0.3, -0.25) is 25.2 Å². The van der Waals surface area contributed by atoms with Crippen LogP contribution in [0.1, 0.15) is 34.1 Å². The van der Waals surface area contributed by atoms with Crippen molar-refractivity contribution in [3.8, 4) is 5.75 Å². The number of hydrogen-bond donors (Lipinski definition) is 3. The third kappa shape index (κ3) is 5.57. The molecule has 3 amide bonds. The number of ether oxygens (including phenoxy) is 1. The van der Waals surface area contributed by atoms with Gasteiger partial charge in [-0.25, -0.2) is 0 Å². The van der Waals surface area contributed by atoms with Crippen molar-refractivity contribution in [1.29, 1.82) is 0 Å². The molecule has 0 atom stereocenters. The van der Waals surface area contributed by atoms with Crippen molar-refractivity contribution < 1.29 is 19.1 Å². The zero-order valence-electron chi connectivity index (χ0n) is 16.6. The lowest BCUT2D eigenvalue weighted by atomic mass is 10.1. The summed E-state index contributed by atoms with van der Waals surface area (Å²) in [4.78, 5) is 36.2. The fourth-order valence-electron chi connectivity index (χ4n) is 2.85. The van der Waals surface area contributed by atoms with Crippen molar-refractivity contribution in [2.45, 2.75) is 13.3 Å². The third-order valence-corrected chi connectivity index (χ3v) is 4.39. The van der Waals surface area contributed by atoms with E-state index in [1.54, 1.807) is 30.3 Å². The molecule has 30 heavy (non-hydrogen) atoms. The van der Waals surface area contributed by atoms with Crippen LogP contribution < -0.4 is 20.9 Å². The van der Waals surface area contributed by atoms with Crippen LogP contribution in [0.25, 0.3) is 10.8 Å². The number of carbonyl (C=O) groups excluding carboxylic acids is 3. The maximum atomic E-state index is 12.3. The van der Waals surface area contributed by atoms with Crippen LogP contribution in [-0.4, -0.2) is 30.9 Å². The average Bonchev–Trinajstić information content (AvgIpc) is 2.77. The molecule has 0 aromatic heterocycles. The van der Waals surface area contributed by atoms with Gasteiger partial charge in [-0.1, -0.05) is 30.3 Å². The fraction of sp³-hybridized carbons (Fsp3) is 0.174. The van der Waals surface area contributed by atoms with E-state index >= 15 is 0 Å². The SMILES string of the molecule is CCOc1ccc(C(=O)NNC(=O)CCNC(=O)c2ccc3ccccc3c2)cc1. The second-order valence-corrected chi connectivity index (χ2v) is 6.53. The summed E-state index contributed by atoms with van der Waals surface area (Å²) in [6.07, 6.45) is 0.0306. The van der Waals surface area contributed by atoms with Crippen LogP contribution in [0, 0.1) is 0 Å². The van der Waals surface area contributed by atoms with Gasteiger partial charge in [-0.05, 0) is 54.1 Å². The third-order valence-electron chi connectivity index (χ3n) is 4.39. The Kier molecular flexibility index (Phi) is 7.00. The first-order valence-electron chi connectivity index (χ1n) is 9.66. The van der Waals surface area contributed by atoms with Gasteiger partial charge in [-0.2, -0.15) is 0 Å². The van der Waals surface area contributed by atoms with Crippen LogP contribution in [0.4, 0.5) is 0 Å². The highest BCUT2D eigenvalue weighted by atomic mass is 16.5. The van der Waals surface area contributed by atoms with Gasteiger partial charge in [0.15, 0.2) is 0 Å². The van der Waals surface area contributed by atoms with Crippen molar-refractivity contribution in [1.82, 2.24) is 16.2 Å². The molecule has 3 aromatic rings. The summed E-state index contributed by atoms with van der Waals surface area (Å²) >= 11 is 0. The Labute approximate surface area is 174 Å². The Morgan fingerprint density at radius 3 is 2.23 bits per heavy atom. The topological polar surface area (TPSA) is 96.5 Å². The lowest BCUT2D eigenvalue weighted by Crippen LogP contribution is -2.42. The predicted molar refractivity (Wildman–Crippen MR) is 114 cm³/mol. The van der Waals surface area contributed by atoms with Gasteiger partial charge in [-0.15, -0.1) is 0 Å². The van der Waals surface area contributed by atoms with E-state index in [0.717, 1.165) is 10.8 Å². The maximum absolute atomic E-state index is 12.3. The van der Waals surface area contributed by atoms with Crippen molar-refractivity contribution in [2.24, 2.45) is 0 Å². The van der Waals surface area contributed by atoms with Crippen molar-refractivity contribution in [2.75, 3.05) is 13.2 Å². The van der Waals surface area contributed by atoms with Crippen LogP contribution in [0.15, 0.2) is 66.7 Å². The number of nitrogens with one attached hydrogen (secondary N) is 3. The molecule has 0 bridgehead atoms. The first-order valence-corrected chi connectivity index (χ1v) is 9.66. The average molecular weight is 405 g/mol. The molecule has 7 nitrogen and oxygen atoms in total. The normalized spacial score (nSPS) is 10.3. The lowest BCUT2D eigenvalue weighted by Gasteiger charge is -2.09. The van der Waals surface area contributed by atoms with Gasteiger partial charge in [0.25, 0.3) is 11.8 Å². The van der Waals surface area contributed by atoms with E-state index in [0.29, 0.717) is 23.5 Å². The molecule has 0 saturated carbocycles. The first kappa shape index (κ1) is 20.9. The van der Waals surface area contributed by atoms with Gasteiger partial charge in [0, 0.05) is 24.1 Å². The standard InChI is InChI=1S/C23H23N3O4/c1-2-30-20-11-9-17(10-12-20)23(29)26-25-21(27)13-14-24-22(28)19-8-7-16-5-3-4-6-18(16)15-19/h3-12,15H,2,13-14H2,1H3,(H,24,28)(H,25,27)(H,26,29). The highest BCUT2D eigenvalue weighted by Gasteiger charge is 2.10. The van der Waals surface area contributed by atoms with Crippen LogP contribution in [0.3, 0.4) is 0 Å². The molecule has 154 valence electrons. The van der Waals surface area contributed by atoms with E-state index in [4.69, 9.17) is 4.74 Å². The summed E-state index contributed by atoms with van der Waals surface area (Å²) in [6.45, 7) is 2.57. The minimum absolute atomic E-state index is 0.0306. The van der Waals surface area contributed by atoms with Crippen molar-refractivity contribution in [3.63, 3.8) is 0 Å². The van der Waals surface area contributed by atoms with Gasteiger partial charge in [0.05, 0.1) is 6.61 Å². The zero-order valence-corrected chi connectivity index (χ0v) is 16.6. The zero-order chi connectivity index (χ0) is 21.3. The summed E-state index contributed by atoms with van der Waals surface area (Å²) in [6, 6.07) is 19.8. The summed E-state index contributed by atoms with van der Waals surface area (Å²) in [5.74, 6) is -0.438. The second kappa shape index (κ2) is 10.1. The number of hydrogen-bond acceptors (Lipinski definition) is 4. The van der Waals surface area contributed by atoms with Crippen LogP contribution in [0.2, 0.25) is 0 Å². The smallest absolute Gasteiger partial charge is 0.269 e. The molecule has 7 heteroatoms.